The molecule has 2 heterocycles. The summed E-state index contributed by atoms with van der Waals surface area (Å²) in [6, 6.07) is 0. The van der Waals surface area contributed by atoms with Crippen LogP contribution in [-0.4, -0.2) is 20.2 Å². The molecule has 0 aromatic carbocycles. The van der Waals surface area contributed by atoms with Gasteiger partial charge in [0.1, 0.15) is 5.82 Å². The zero-order chi connectivity index (χ0) is 11.7. The summed E-state index contributed by atoms with van der Waals surface area (Å²) < 4.78 is 0. The molecule has 5 nitrogen and oxygen atoms in total. The Morgan fingerprint density at radius 2 is 2.18 bits per heavy atom. The Labute approximate surface area is 103 Å². The van der Waals surface area contributed by atoms with E-state index in [1.54, 1.807) is 0 Å². The predicted molar refractivity (Wildman–Crippen MR) is 66.9 cm³/mol. The van der Waals surface area contributed by atoms with Gasteiger partial charge in [-0.15, -0.1) is 11.3 Å². The lowest BCUT2D eigenvalue weighted by Crippen LogP contribution is -1.96. The van der Waals surface area contributed by atoms with Gasteiger partial charge in [-0.3, -0.25) is 5.10 Å². The van der Waals surface area contributed by atoms with E-state index < -0.39 is 0 Å². The van der Waals surface area contributed by atoms with Crippen molar-refractivity contribution in [3.8, 4) is 0 Å². The second-order valence-corrected chi connectivity index (χ2v) is 5.37. The first kappa shape index (κ1) is 10.7. The lowest BCUT2D eigenvalue weighted by atomic mass is 10.1. The molecular formula is C11H15N5S. The average molecular weight is 249 g/mol. The number of nitrogen functional groups attached to an aromatic ring is 1. The molecule has 0 aliphatic heterocycles. The maximum Gasteiger partial charge on any atom is 0.180 e. The lowest BCUT2D eigenvalue weighted by molar-refractivity contribution is 0.671. The van der Waals surface area contributed by atoms with Crippen LogP contribution in [0.3, 0.4) is 0 Å². The summed E-state index contributed by atoms with van der Waals surface area (Å²) in [6.07, 6.45) is 5.74. The van der Waals surface area contributed by atoms with E-state index in [2.05, 4.69) is 20.2 Å². The SMILES string of the molecule is Nc1nc(Cc2nc(C3CCCC3)n[nH]2)cs1. The van der Waals surface area contributed by atoms with E-state index in [0.717, 1.165) is 17.3 Å². The maximum absolute atomic E-state index is 5.60. The molecule has 1 saturated carbocycles. The van der Waals surface area contributed by atoms with Gasteiger partial charge in [-0.1, -0.05) is 12.8 Å². The number of hydrogen-bond acceptors (Lipinski definition) is 5. The van der Waals surface area contributed by atoms with Crippen LogP contribution >= 0.6 is 11.3 Å². The molecule has 0 unspecified atom stereocenters. The Kier molecular flexibility index (Phi) is 2.80. The van der Waals surface area contributed by atoms with Crippen molar-refractivity contribution in [3.05, 3.63) is 22.7 Å². The van der Waals surface area contributed by atoms with Crippen LogP contribution < -0.4 is 5.73 Å². The van der Waals surface area contributed by atoms with E-state index in [0.29, 0.717) is 17.5 Å². The van der Waals surface area contributed by atoms with Crippen molar-refractivity contribution in [1.29, 1.82) is 0 Å². The fourth-order valence-corrected chi connectivity index (χ4v) is 2.89. The maximum atomic E-state index is 5.60. The Balaban J connectivity index is 1.71. The highest BCUT2D eigenvalue weighted by Crippen LogP contribution is 2.31. The molecule has 90 valence electrons. The molecule has 2 aromatic heterocycles. The molecule has 17 heavy (non-hydrogen) atoms. The molecule has 0 atom stereocenters. The largest absolute Gasteiger partial charge is 0.375 e. The number of aromatic nitrogens is 4. The minimum absolute atomic E-state index is 0.556. The normalized spacial score (nSPS) is 16.7. The number of thiazole rings is 1. The molecule has 2 aromatic rings. The van der Waals surface area contributed by atoms with Crippen LogP contribution in [0.25, 0.3) is 0 Å². The minimum Gasteiger partial charge on any atom is -0.375 e. The van der Waals surface area contributed by atoms with Gasteiger partial charge in [-0.05, 0) is 12.8 Å². The molecule has 3 rings (SSSR count). The Bertz CT molecular complexity index is 497. The number of anilines is 1. The number of rotatable bonds is 3. The molecule has 3 N–H and O–H groups in total. The summed E-state index contributed by atoms with van der Waals surface area (Å²) in [4.78, 5) is 8.78. The van der Waals surface area contributed by atoms with Gasteiger partial charge >= 0.3 is 0 Å². The molecule has 0 amide bonds. The van der Waals surface area contributed by atoms with Gasteiger partial charge in [0.15, 0.2) is 11.0 Å². The molecule has 1 fully saturated rings. The van der Waals surface area contributed by atoms with Crippen molar-refractivity contribution in [2.75, 3.05) is 5.73 Å². The van der Waals surface area contributed by atoms with Gasteiger partial charge in [0.25, 0.3) is 0 Å². The van der Waals surface area contributed by atoms with Gasteiger partial charge in [0.05, 0.1) is 12.1 Å². The van der Waals surface area contributed by atoms with Crippen molar-refractivity contribution in [2.24, 2.45) is 0 Å². The van der Waals surface area contributed by atoms with Crippen molar-refractivity contribution >= 4 is 16.5 Å². The second-order valence-electron chi connectivity index (χ2n) is 4.48. The third-order valence-electron chi connectivity index (χ3n) is 3.19. The summed E-state index contributed by atoms with van der Waals surface area (Å²) in [7, 11) is 0. The van der Waals surface area contributed by atoms with Crippen molar-refractivity contribution < 1.29 is 0 Å². The fraction of sp³-hybridized carbons (Fsp3) is 0.545. The molecule has 0 spiro atoms. The van der Waals surface area contributed by atoms with Crippen LogP contribution in [0.15, 0.2) is 5.38 Å². The van der Waals surface area contributed by atoms with E-state index in [4.69, 9.17) is 5.73 Å². The standard InChI is InChI=1S/C11H15N5S/c12-11-13-8(6-17-11)5-9-14-10(16-15-9)7-3-1-2-4-7/h6-7H,1-5H2,(H2,12,13)(H,14,15,16). The molecule has 0 saturated heterocycles. The first-order valence-electron chi connectivity index (χ1n) is 5.92. The summed E-state index contributed by atoms with van der Waals surface area (Å²) >= 11 is 1.46. The van der Waals surface area contributed by atoms with E-state index >= 15 is 0 Å². The average Bonchev–Trinajstić information content (AvgIpc) is 3.00. The van der Waals surface area contributed by atoms with Gasteiger partial charge in [0.2, 0.25) is 0 Å². The molecule has 1 aliphatic rings. The van der Waals surface area contributed by atoms with E-state index in [-0.39, 0.29) is 0 Å². The monoisotopic (exact) mass is 249 g/mol. The zero-order valence-electron chi connectivity index (χ0n) is 9.52. The van der Waals surface area contributed by atoms with E-state index in [1.807, 2.05) is 5.38 Å². The first-order valence-corrected chi connectivity index (χ1v) is 6.80. The van der Waals surface area contributed by atoms with E-state index in [9.17, 15) is 0 Å². The molecule has 0 bridgehead atoms. The van der Waals surface area contributed by atoms with Crippen LogP contribution in [0.1, 0.15) is 48.9 Å². The number of nitrogens with one attached hydrogen (secondary N) is 1. The Hall–Kier alpha value is -1.43. The smallest absolute Gasteiger partial charge is 0.180 e. The predicted octanol–water partition coefficient (Wildman–Crippen LogP) is 2.09. The number of hydrogen-bond donors (Lipinski definition) is 2. The number of nitrogens with zero attached hydrogens (tertiary/aromatic N) is 3. The van der Waals surface area contributed by atoms with Gasteiger partial charge in [-0.25, -0.2) is 9.97 Å². The Morgan fingerprint density at radius 1 is 1.35 bits per heavy atom. The van der Waals surface area contributed by atoms with Crippen molar-refractivity contribution in [1.82, 2.24) is 20.2 Å². The number of nitrogens with two attached hydrogens (primary N) is 1. The van der Waals surface area contributed by atoms with Gasteiger partial charge < -0.3 is 5.73 Å². The zero-order valence-corrected chi connectivity index (χ0v) is 10.3. The molecular weight excluding hydrogens is 234 g/mol. The summed E-state index contributed by atoms with van der Waals surface area (Å²) in [5.74, 6) is 2.42. The minimum atomic E-state index is 0.556. The highest BCUT2D eigenvalue weighted by Gasteiger charge is 2.21. The number of aromatic amines is 1. The summed E-state index contributed by atoms with van der Waals surface area (Å²) in [5.41, 5.74) is 6.56. The third-order valence-corrected chi connectivity index (χ3v) is 3.91. The lowest BCUT2D eigenvalue weighted by Gasteiger charge is -2.00. The summed E-state index contributed by atoms with van der Waals surface area (Å²) in [6.45, 7) is 0. The quantitative estimate of drug-likeness (QED) is 0.872. The van der Waals surface area contributed by atoms with E-state index in [1.165, 1.54) is 37.0 Å². The van der Waals surface area contributed by atoms with Crippen LogP contribution in [0, 0.1) is 0 Å². The van der Waals surface area contributed by atoms with Gasteiger partial charge in [-0.2, -0.15) is 5.10 Å². The van der Waals surface area contributed by atoms with Gasteiger partial charge in [0, 0.05) is 11.3 Å². The van der Waals surface area contributed by atoms with Crippen molar-refractivity contribution in [2.45, 2.75) is 38.0 Å². The van der Waals surface area contributed by atoms with Crippen LogP contribution in [0.4, 0.5) is 5.13 Å². The Morgan fingerprint density at radius 3 is 2.88 bits per heavy atom. The highest BCUT2D eigenvalue weighted by molar-refractivity contribution is 7.13. The molecule has 6 heteroatoms. The molecule has 1 aliphatic carbocycles. The van der Waals surface area contributed by atoms with Crippen LogP contribution in [0.2, 0.25) is 0 Å². The first-order chi connectivity index (χ1) is 8.31. The molecule has 0 radical (unpaired) electrons. The third kappa shape index (κ3) is 2.31. The van der Waals surface area contributed by atoms with Crippen LogP contribution in [-0.2, 0) is 6.42 Å². The van der Waals surface area contributed by atoms with Crippen LogP contribution in [0.5, 0.6) is 0 Å². The second kappa shape index (κ2) is 4.44. The fourth-order valence-electron chi connectivity index (χ4n) is 2.33. The number of H-pyrrole nitrogens is 1. The highest BCUT2D eigenvalue weighted by atomic mass is 32.1. The topological polar surface area (TPSA) is 80.5 Å². The van der Waals surface area contributed by atoms with Crippen molar-refractivity contribution in [3.63, 3.8) is 0 Å². The summed E-state index contributed by atoms with van der Waals surface area (Å²) in [5, 5.41) is 9.88.